The lowest BCUT2D eigenvalue weighted by Crippen LogP contribution is -2.32. The van der Waals surface area contributed by atoms with E-state index in [0.29, 0.717) is 18.9 Å². The molecule has 4 aromatic carbocycles. The van der Waals surface area contributed by atoms with Crippen molar-refractivity contribution in [3.8, 4) is 11.5 Å². The summed E-state index contributed by atoms with van der Waals surface area (Å²) in [4.78, 5) is 12.0. The molecule has 1 amide bonds. The van der Waals surface area contributed by atoms with Gasteiger partial charge in [-0.05, 0) is 45.8 Å². The van der Waals surface area contributed by atoms with Crippen LogP contribution in [0.4, 0.5) is 0 Å². The highest BCUT2D eigenvalue weighted by Gasteiger charge is 2.04. The van der Waals surface area contributed by atoms with E-state index in [9.17, 15) is 4.79 Å². The van der Waals surface area contributed by atoms with Gasteiger partial charge in [-0.1, -0.05) is 60.7 Å². The van der Waals surface area contributed by atoms with Crippen LogP contribution in [0.3, 0.4) is 0 Å². The van der Waals surface area contributed by atoms with Crippen molar-refractivity contribution < 1.29 is 14.3 Å². The summed E-state index contributed by atoms with van der Waals surface area (Å²) >= 11 is 0. The van der Waals surface area contributed by atoms with Gasteiger partial charge in [0.1, 0.15) is 18.1 Å². The maximum Gasteiger partial charge on any atom is 0.258 e. The van der Waals surface area contributed by atoms with E-state index < -0.39 is 0 Å². The first kappa shape index (κ1) is 17.9. The van der Waals surface area contributed by atoms with Gasteiger partial charge >= 0.3 is 0 Å². The molecule has 0 spiro atoms. The fraction of sp³-hybridized carbons (Fsp3) is 0.125. The summed E-state index contributed by atoms with van der Waals surface area (Å²) < 4.78 is 11.3. The third-order valence-corrected chi connectivity index (χ3v) is 4.50. The summed E-state index contributed by atoms with van der Waals surface area (Å²) in [6.07, 6.45) is 0. The zero-order chi connectivity index (χ0) is 19.2. The second kappa shape index (κ2) is 8.44. The highest BCUT2D eigenvalue weighted by molar-refractivity contribution is 5.84. The van der Waals surface area contributed by atoms with E-state index in [1.54, 1.807) is 0 Å². The van der Waals surface area contributed by atoms with Crippen LogP contribution in [-0.4, -0.2) is 25.7 Å². The van der Waals surface area contributed by atoms with Gasteiger partial charge in [-0.2, -0.15) is 0 Å². The number of amides is 1. The van der Waals surface area contributed by atoms with Crippen LogP contribution >= 0.6 is 0 Å². The Kier molecular flexibility index (Phi) is 5.38. The first-order valence-electron chi connectivity index (χ1n) is 9.28. The van der Waals surface area contributed by atoms with Crippen molar-refractivity contribution in [2.24, 2.45) is 0 Å². The van der Waals surface area contributed by atoms with Crippen LogP contribution in [0.5, 0.6) is 11.5 Å². The monoisotopic (exact) mass is 371 g/mol. The van der Waals surface area contributed by atoms with Crippen molar-refractivity contribution in [3.63, 3.8) is 0 Å². The summed E-state index contributed by atoms with van der Waals surface area (Å²) in [6.45, 7) is 0.807. The molecule has 140 valence electrons. The molecule has 28 heavy (non-hydrogen) atoms. The normalized spacial score (nSPS) is 10.7. The number of rotatable bonds is 7. The lowest BCUT2D eigenvalue weighted by atomic mass is 10.1. The van der Waals surface area contributed by atoms with E-state index in [1.165, 1.54) is 5.39 Å². The van der Waals surface area contributed by atoms with Gasteiger partial charge < -0.3 is 14.8 Å². The summed E-state index contributed by atoms with van der Waals surface area (Å²) in [5.41, 5.74) is 0. The molecule has 0 radical (unpaired) electrons. The highest BCUT2D eigenvalue weighted by atomic mass is 16.5. The first-order chi connectivity index (χ1) is 13.8. The second-order valence-corrected chi connectivity index (χ2v) is 6.51. The predicted molar refractivity (Wildman–Crippen MR) is 112 cm³/mol. The summed E-state index contributed by atoms with van der Waals surface area (Å²) in [5, 5.41) is 7.35. The molecule has 0 bridgehead atoms. The molecule has 4 rings (SSSR count). The maximum absolute atomic E-state index is 12.0. The number of nitrogens with one attached hydrogen (secondary N) is 1. The van der Waals surface area contributed by atoms with Crippen molar-refractivity contribution in [2.75, 3.05) is 19.8 Å². The van der Waals surface area contributed by atoms with Crippen LogP contribution in [0, 0.1) is 0 Å². The molecule has 4 aromatic rings. The van der Waals surface area contributed by atoms with E-state index in [1.807, 2.05) is 78.9 Å². The molecule has 0 aliphatic rings. The average molecular weight is 371 g/mol. The number of hydrogen-bond donors (Lipinski definition) is 1. The third kappa shape index (κ3) is 4.41. The zero-order valence-electron chi connectivity index (χ0n) is 15.4. The molecular formula is C24H21NO3. The number of carbonyl (C=O) groups excluding carboxylic acids is 1. The molecule has 0 atom stereocenters. The molecule has 4 nitrogen and oxygen atoms in total. The Hall–Kier alpha value is -3.53. The Bertz CT molecular complexity index is 1110. The summed E-state index contributed by atoms with van der Waals surface area (Å²) in [6, 6.07) is 27.9. The molecule has 0 fully saturated rings. The number of fused-ring (bicyclic) bond motifs is 2. The summed E-state index contributed by atoms with van der Waals surface area (Å²) in [5.74, 6) is 1.30. The molecule has 4 heteroatoms. The maximum atomic E-state index is 12.0. The Morgan fingerprint density at radius 3 is 1.82 bits per heavy atom. The van der Waals surface area contributed by atoms with E-state index >= 15 is 0 Å². The van der Waals surface area contributed by atoms with Crippen molar-refractivity contribution in [1.82, 2.24) is 5.32 Å². The van der Waals surface area contributed by atoms with Gasteiger partial charge in [-0.25, -0.2) is 0 Å². The van der Waals surface area contributed by atoms with Crippen LogP contribution < -0.4 is 14.8 Å². The molecule has 0 unspecified atom stereocenters. The van der Waals surface area contributed by atoms with Crippen LogP contribution in [0.25, 0.3) is 21.5 Å². The van der Waals surface area contributed by atoms with E-state index in [2.05, 4.69) is 11.4 Å². The van der Waals surface area contributed by atoms with Crippen LogP contribution in [0.15, 0.2) is 84.9 Å². The van der Waals surface area contributed by atoms with Gasteiger partial charge in [-0.15, -0.1) is 0 Å². The molecule has 0 aliphatic carbocycles. The lowest BCUT2D eigenvalue weighted by molar-refractivity contribution is -0.123. The van der Waals surface area contributed by atoms with Gasteiger partial charge in [0, 0.05) is 0 Å². The molecule has 0 aliphatic heterocycles. The topological polar surface area (TPSA) is 47.6 Å². The third-order valence-electron chi connectivity index (χ3n) is 4.50. The molecule has 0 saturated heterocycles. The van der Waals surface area contributed by atoms with Gasteiger partial charge in [0.15, 0.2) is 6.61 Å². The number of ether oxygens (including phenoxy) is 2. The van der Waals surface area contributed by atoms with Gasteiger partial charge in [0.05, 0.1) is 6.54 Å². The lowest BCUT2D eigenvalue weighted by Gasteiger charge is -2.10. The Morgan fingerprint density at radius 2 is 1.21 bits per heavy atom. The molecule has 0 aromatic heterocycles. The molecular weight excluding hydrogens is 350 g/mol. The van der Waals surface area contributed by atoms with Crippen LogP contribution in [0.2, 0.25) is 0 Å². The van der Waals surface area contributed by atoms with Gasteiger partial charge in [0.2, 0.25) is 0 Å². The Balaban J connectivity index is 1.21. The van der Waals surface area contributed by atoms with Crippen molar-refractivity contribution in [3.05, 3.63) is 84.9 Å². The molecule has 1 N–H and O–H groups in total. The van der Waals surface area contributed by atoms with Crippen LogP contribution in [0.1, 0.15) is 0 Å². The van der Waals surface area contributed by atoms with E-state index in [0.717, 1.165) is 21.9 Å². The second-order valence-electron chi connectivity index (χ2n) is 6.51. The minimum absolute atomic E-state index is 0.0195. The quantitative estimate of drug-likeness (QED) is 0.484. The Morgan fingerprint density at radius 1 is 0.679 bits per heavy atom. The van der Waals surface area contributed by atoms with Gasteiger partial charge in [-0.3, -0.25) is 4.79 Å². The van der Waals surface area contributed by atoms with Gasteiger partial charge in [0.25, 0.3) is 5.91 Å². The Labute approximate surface area is 163 Å². The fourth-order valence-electron chi connectivity index (χ4n) is 3.07. The first-order valence-corrected chi connectivity index (χ1v) is 9.28. The average Bonchev–Trinajstić information content (AvgIpc) is 2.75. The van der Waals surface area contributed by atoms with Crippen molar-refractivity contribution >= 4 is 27.5 Å². The van der Waals surface area contributed by atoms with E-state index in [-0.39, 0.29) is 12.5 Å². The molecule has 0 heterocycles. The van der Waals surface area contributed by atoms with Crippen molar-refractivity contribution in [2.45, 2.75) is 0 Å². The standard InChI is InChI=1S/C24H21NO3/c26-24(17-28-23-12-10-19-6-2-4-8-21(19)16-23)25-13-14-27-22-11-9-18-5-1-3-7-20(18)15-22/h1-12,15-16H,13-14,17H2,(H,25,26). The highest BCUT2D eigenvalue weighted by Crippen LogP contribution is 2.21. The smallest absolute Gasteiger partial charge is 0.258 e. The molecule has 0 saturated carbocycles. The largest absolute Gasteiger partial charge is 0.492 e. The number of benzene rings is 4. The van der Waals surface area contributed by atoms with Crippen molar-refractivity contribution in [1.29, 1.82) is 0 Å². The predicted octanol–water partition coefficient (Wildman–Crippen LogP) is 4.57. The fourth-order valence-corrected chi connectivity index (χ4v) is 3.07. The summed E-state index contributed by atoms with van der Waals surface area (Å²) in [7, 11) is 0. The minimum Gasteiger partial charge on any atom is -0.492 e. The SMILES string of the molecule is O=C(COc1ccc2ccccc2c1)NCCOc1ccc2ccccc2c1. The zero-order valence-corrected chi connectivity index (χ0v) is 15.4. The minimum atomic E-state index is -0.171. The number of carbonyl (C=O) groups is 1. The van der Waals surface area contributed by atoms with Crippen LogP contribution in [-0.2, 0) is 4.79 Å². The van der Waals surface area contributed by atoms with E-state index in [4.69, 9.17) is 9.47 Å². The number of hydrogen-bond acceptors (Lipinski definition) is 3.